The third-order valence-electron chi connectivity index (χ3n) is 11.1. The van der Waals surface area contributed by atoms with Crippen LogP contribution >= 0.6 is 0 Å². The number of anilines is 4. The van der Waals surface area contributed by atoms with Gasteiger partial charge in [-0.15, -0.1) is 0 Å². The van der Waals surface area contributed by atoms with E-state index in [1.807, 2.05) is 18.3 Å². The van der Waals surface area contributed by atoms with Crippen LogP contribution < -0.4 is 14.5 Å². The fourth-order valence-electron chi connectivity index (χ4n) is 8.66. The average Bonchev–Trinajstić information content (AvgIpc) is 3.84. The van der Waals surface area contributed by atoms with E-state index in [9.17, 15) is 0 Å². The molecule has 6 nitrogen and oxygen atoms in total. The Hall–Kier alpha value is -6.53. The molecule has 4 heterocycles. The minimum atomic E-state index is -0.0109. The molecule has 6 aromatic carbocycles. The molecule has 10 rings (SSSR count). The van der Waals surface area contributed by atoms with Gasteiger partial charge in [0.15, 0.2) is 5.58 Å². The van der Waals surface area contributed by atoms with Crippen molar-refractivity contribution >= 4 is 66.5 Å². The number of hydrogen-bond donors (Lipinski definition) is 0. The van der Waals surface area contributed by atoms with Gasteiger partial charge in [0.05, 0.1) is 28.1 Å². The van der Waals surface area contributed by atoms with E-state index in [0.29, 0.717) is 6.67 Å². The van der Waals surface area contributed by atoms with Crippen molar-refractivity contribution in [1.82, 2.24) is 9.55 Å². The lowest BCUT2D eigenvalue weighted by Crippen LogP contribution is -2.25. The first-order chi connectivity index (χ1) is 26.6. The molecule has 0 N–H and O–H groups in total. The molecule has 6 heteroatoms. The number of ether oxygens (including phenoxy) is 1. The number of aromatic nitrogens is 2. The van der Waals surface area contributed by atoms with E-state index < -0.39 is 0 Å². The topological polar surface area (TPSA) is 46.7 Å². The predicted molar refractivity (Wildman–Crippen MR) is 227 cm³/mol. The number of pyridine rings is 1. The summed E-state index contributed by atoms with van der Waals surface area (Å²) in [6.07, 6.45) is 1.92. The van der Waals surface area contributed by atoms with Gasteiger partial charge in [0, 0.05) is 45.6 Å². The Morgan fingerprint density at radius 1 is 0.600 bits per heavy atom. The largest absolute Gasteiger partial charge is 0.457 e. The quantitative estimate of drug-likeness (QED) is 0.177. The zero-order chi connectivity index (χ0) is 37.6. The molecule has 0 aliphatic carbocycles. The van der Waals surface area contributed by atoms with Crippen LogP contribution in [0.5, 0.6) is 11.5 Å². The van der Waals surface area contributed by atoms with Crippen molar-refractivity contribution in [1.29, 1.82) is 0 Å². The molecular weight excluding hydrogens is 677 g/mol. The third-order valence-corrected chi connectivity index (χ3v) is 11.1. The molecule has 0 saturated heterocycles. The molecule has 1 aliphatic heterocycles. The fraction of sp³-hybridized carbons (Fsp3) is 0.163. The predicted octanol–water partition coefficient (Wildman–Crippen LogP) is 13.3. The second-order valence-corrected chi connectivity index (χ2v) is 15.9. The lowest BCUT2D eigenvalue weighted by molar-refractivity contribution is 0.484. The van der Waals surface area contributed by atoms with Crippen molar-refractivity contribution < 1.29 is 9.15 Å². The molecule has 0 amide bonds. The second-order valence-electron chi connectivity index (χ2n) is 15.9. The van der Waals surface area contributed by atoms with Gasteiger partial charge in [0.25, 0.3) is 0 Å². The van der Waals surface area contributed by atoms with Gasteiger partial charge in [-0.1, -0.05) is 87.0 Å². The summed E-state index contributed by atoms with van der Waals surface area (Å²) < 4.78 is 15.9. The maximum absolute atomic E-state index is 6.91. The molecule has 0 atom stereocenters. The number of rotatable bonds is 5. The Bertz CT molecular complexity index is 2960. The van der Waals surface area contributed by atoms with Crippen LogP contribution in [0.2, 0.25) is 0 Å². The number of fused-ring (bicyclic) bond motifs is 7. The van der Waals surface area contributed by atoms with Crippen molar-refractivity contribution in [2.24, 2.45) is 0 Å². The second kappa shape index (κ2) is 12.3. The molecule has 0 spiro atoms. The van der Waals surface area contributed by atoms with Crippen molar-refractivity contribution in [3.8, 4) is 17.3 Å². The Balaban J connectivity index is 1.13. The van der Waals surface area contributed by atoms with Gasteiger partial charge in [0.1, 0.15) is 29.6 Å². The number of furan rings is 1. The SMILES string of the molecule is Cc1cc(C)c(N2CN(c3cc(Oc4ccc5c6ccccc6n(-c6cc(C(C)(C)C)ccn6)c5c4)cc4c3oc3ccccc34)c3ccccc32)c(C)c1. The van der Waals surface area contributed by atoms with E-state index in [0.717, 1.165) is 72.7 Å². The van der Waals surface area contributed by atoms with Crippen molar-refractivity contribution in [2.75, 3.05) is 16.5 Å². The molecule has 1 aliphatic rings. The van der Waals surface area contributed by atoms with Gasteiger partial charge in [-0.05, 0) is 97.5 Å². The highest BCUT2D eigenvalue weighted by atomic mass is 16.5. The van der Waals surface area contributed by atoms with Gasteiger partial charge >= 0.3 is 0 Å². The summed E-state index contributed by atoms with van der Waals surface area (Å²) in [5.74, 6) is 2.37. The summed E-state index contributed by atoms with van der Waals surface area (Å²) in [5, 5.41) is 4.40. The first-order valence-corrected chi connectivity index (χ1v) is 19.0. The lowest BCUT2D eigenvalue weighted by Gasteiger charge is -2.25. The van der Waals surface area contributed by atoms with Gasteiger partial charge in [-0.25, -0.2) is 4.98 Å². The number of nitrogens with zero attached hydrogens (tertiary/aromatic N) is 4. The van der Waals surface area contributed by atoms with E-state index in [-0.39, 0.29) is 5.41 Å². The van der Waals surface area contributed by atoms with E-state index in [2.05, 4.69) is 171 Å². The van der Waals surface area contributed by atoms with Crippen LogP contribution in [0.25, 0.3) is 49.6 Å². The van der Waals surface area contributed by atoms with Crippen LogP contribution in [-0.4, -0.2) is 16.2 Å². The van der Waals surface area contributed by atoms with E-state index in [4.69, 9.17) is 14.1 Å². The zero-order valence-corrected chi connectivity index (χ0v) is 32.0. The normalized spacial score (nSPS) is 13.1. The molecule has 0 radical (unpaired) electrons. The van der Waals surface area contributed by atoms with Crippen LogP contribution in [0.4, 0.5) is 22.7 Å². The zero-order valence-electron chi connectivity index (χ0n) is 32.0. The summed E-state index contributed by atoms with van der Waals surface area (Å²) in [6.45, 7) is 13.9. The molecule has 55 heavy (non-hydrogen) atoms. The van der Waals surface area contributed by atoms with Crippen molar-refractivity contribution in [2.45, 2.75) is 47.0 Å². The van der Waals surface area contributed by atoms with Crippen LogP contribution in [0.3, 0.4) is 0 Å². The van der Waals surface area contributed by atoms with Crippen LogP contribution in [0, 0.1) is 20.8 Å². The number of hydrogen-bond acceptors (Lipinski definition) is 5. The smallest absolute Gasteiger partial charge is 0.159 e. The maximum atomic E-state index is 6.91. The minimum Gasteiger partial charge on any atom is -0.457 e. The number of benzene rings is 6. The van der Waals surface area contributed by atoms with Gasteiger partial charge in [-0.2, -0.15) is 0 Å². The summed E-state index contributed by atoms with van der Waals surface area (Å²) in [4.78, 5) is 9.68. The summed E-state index contributed by atoms with van der Waals surface area (Å²) >= 11 is 0. The van der Waals surface area contributed by atoms with Crippen LogP contribution in [-0.2, 0) is 5.41 Å². The molecule has 0 unspecified atom stereocenters. The highest BCUT2D eigenvalue weighted by molar-refractivity contribution is 6.11. The van der Waals surface area contributed by atoms with Crippen LogP contribution in [0.15, 0.2) is 138 Å². The number of para-hydroxylation sites is 4. The first kappa shape index (κ1) is 33.1. The van der Waals surface area contributed by atoms with Crippen molar-refractivity contribution in [3.63, 3.8) is 0 Å². The Morgan fingerprint density at radius 2 is 1.29 bits per heavy atom. The molecule has 3 aromatic heterocycles. The first-order valence-electron chi connectivity index (χ1n) is 19.0. The molecular formula is C49H42N4O2. The molecule has 0 saturated carbocycles. The Kier molecular flexibility index (Phi) is 7.37. The standard InChI is InChI=1S/C49H42N4O2/c1-30-23-31(2)47(32(3)24-30)52-29-51(41-16-10-11-17-42(41)52)44-28-35(26-39-38-14-8-12-18-45(38)55-48(39)44)54-34-19-20-37-36-13-7-9-15-40(36)53(43(37)27-34)46-25-33(21-22-50-46)49(4,5)6/h7-28H,29H2,1-6H3. The number of aryl methyl sites for hydroxylation is 3. The summed E-state index contributed by atoms with van der Waals surface area (Å²) in [7, 11) is 0. The molecule has 0 fully saturated rings. The van der Waals surface area contributed by atoms with Crippen LogP contribution in [0.1, 0.15) is 43.0 Å². The van der Waals surface area contributed by atoms with Gasteiger partial charge in [0.2, 0.25) is 0 Å². The van der Waals surface area contributed by atoms with E-state index in [1.165, 1.54) is 33.3 Å². The lowest BCUT2D eigenvalue weighted by atomic mass is 9.88. The van der Waals surface area contributed by atoms with Gasteiger partial charge in [-0.3, -0.25) is 4.57 Å². The molecule has 9 aromatic rings. The Labute approximate surface area is 320 Å². The Morgan fingerprint density at radius 3 is 2.07 bits per heavy atom. The monoisotopic (exact) mass is 718 g/mol. The molecule has 270 valence electrons. The van der Waals surface area contributed by atoms with Gasteiger partial charge < -0.3 is 19.0 Å². The summed E-state index contributed by atoms with van der Waals surface area (Å²) in [6, 6.07) is 44.9. The maximum Gasteiger partial charge on any atom is 0.159 e. The van der Waals surface area contributed by atoms with E-state index >= 15 is 0 Å². The average molecular weight is 719 g/mol. The van der Waals surface area contributed by atoms with Crippen molar-refractivity contribution in [3.05, 3.63) is 156 Å². The minimum absolute atomic E-state index is 0.0109. The highest BCUT2D eigenvalue weighted by Crippen LogP contribution is 2.50. The molecule has 0 bridgehead atoms. The summed E-state index contributed by atoms with van der Waals surface area (Å²) in [5.41, 5.74) is 13.3. The third kappa shape index (κ3) is 5.35. The highest BCUT2D eigenvalue weighted by Gasteiger charge is 2.32. The fourth-order valence-corrected chi connectivity index (χ4v) is 8.66. The van der Waals surface area contributed by atoms with E-state index in [1.54, 1.807) is 0 Å².